The molecule has 1 fully saturated rings. The van der Waals surface area contributed by atoms with Gasteiger partial charge in [0.05, 0.1) is 11.5 Å². The van der Waals surface area contributed by atoms with Crippen LogP contribution in [0.5, 0.6) is 5.75 Å². The first-order chi connectivity index (χ1) is 15.4. The van der Waals surface area contributed by atoms with E-state index in [9.17, 15) is 12.8 Å². The van der Waals surface area contributed by atoms with Gasteiger partial charge >= 0.3 is 0 Å². The van der Waals surface area contributed by atoms with Crippen molar-refractivity contribution >= 4 is 9.84 Å². The highest BCUT2D eigenvalue weighted by Crippen LogP contribution is 2.25. The van der Waals surface area contributed by atoms with Crippen LogP contribution in [0.4, 0.5) is 4.39 Å². The van der Waals surface area contributed by atoms with Gasteiger partial charge in [0.15, 0.2) is 9.84 Å². The van der Waals surface area contributed by atoms with Gasteiger partial charge in [-0.3, -0.25) is 4.90 Å². The molecule has 0 spiro atoms. The summed E-state index contributed by atoms with van der Waals surface area (Å²) < 4.78 is 42.3. The Labute approximate surface area is 189 Å². The number of halogens is 1. The molecule has 4 rings (SSSR count). The first kappa shape index (κ1) is 22.5. The van der Waals surface area contributed by atoms with Crippen LogP contribution in [-0.4, -0.2) is 39.3 Å². The lowest BCUT2D eigenvalue weighted by atomic mass is 9.97. The van der Waals surface area contributed by atoms with Crippen LogP contribution in [0, 0.1) is 11.7 Å². The molecular weight excluding hydrogens is 425 g/mol. The quantitative estimate of drug-likeness (QED) is 0.494. The summed E-state index contributed by atoms with van der Waals surface area (Å²) in [7, 11) is -3.18. The number of hydrogen-bond donors (Lipinski definition) is 0. The maximum absolute atomic E-state index is 13.1. The molecule has 0 N–H and O–H groups in total. The van der Waals surface area contributed by atoms with Crippen molar-refractivity contribution in [3.8, 4) is 16.9 Å². The lowest BCUT2D eigenvalue weighted by Crippen LogP contribution is -2.35. The summed E-state index contributed by atoms with van der Waals surface area (Å²) in [5, 5.41) is 0. The second-order valence-corrected chi connectivity index (χ2v) is 10.5. The molecule has 1 heterocycles. The summed E-state index contributed by atoms with van der Waals surface area (Å²) in [6.45, 7) is 3.61. The zero-order valence-corrected chi connectivity index (χ0v) is 19.0. The molecule has 0 saturated carbocycles. The SMILES string of the molecule is CS(=O)(=O)c1ccc(-c2ccc(OCC3CCN(Cc4ccc(F)cc4)CC3)cc2)cc1. The zero-order chi connectivity index (χ0) is 22.6. The van der Waals surface area contributed by atoms with Gasteiger partial charge in [0.2, 0.25) is 0 Å². The Bertz CT molecular complexity index is 1120. The van der Waals surface area contributed by atoms with E-state index >= 15 is 0 Å². The third-order valence-electron chi connectivity index (χ3n) is 5.98. The van der Waals surface area contributed by atoms with Crippen LogP contribution >= 0.6 is 0 Å². The van der Waals surface area contributed by atoms with Gasteiger partial charge in [0, 0.05) is 12.8 Å². The molecule has 3 aromatic carbocycles. The molecule has 0 amide bonds. The standard InChI is InChI=1S/C26H28FNO3S/c1-32(29,30)26-12-6-23(7-13-26)22-4-10-25(11-5-22)31-19-21-14-16-28(17-15-21)18-20-2-8-24(27)9-3-20/h2-13,21H,14-19H2,1H3. The Morgan fingerprint density at radius 2 is 1.44 bits per heavy atom. The van der Waals surface area contributed by atoms with E-state index in [1.807, 2.05) is 48.5 Å². The summed E-state index contributed by atoms with van der Waals surface area (Å²) in [5.41, 5.74) is 3.14. The van der Waals surface area contributed by atoms with Gasteiger partial charge in [-0.15, -0.1) is 0 Å². The van der Waals surface area contributed by atoms with E-state index in [2.05, 4.69) is 4.90 Å². The molecule has 0 atom stereocenters. The number of likely N-dealkylation sites (tertiary alicyclic amines) is 1. The zero-order valence-electron chi connectivity index (χ0n) is 18.2. The molecule has 32 heavy (non-hydrogen) atoms. The van der Waals surface area contributed by atoms with Crippen LogP contribution in [0.3, 0.4) is 0 Å². The summed E-state index contributed by atoms with van der Waals surface area (Å²) >= 11 is 0. The molecule has 1 aliphatic rings. The lowest BCUT2D eigenvalue weighted by molar-refractivity contribution is 0.136. The predicted molar refractivity (Wildman–Crippen MR) is 125 cm³/mol. The van der Waals surface area contributed by atoms with Gasteiger partial charge in [-0.2, -0.15) is 0 Å². The Balaban J connectivity index is 1.25. The van der Waals surface area contributed by atoms with E-state index in [4.69, 9.17) is 4.74 Å². The van der Waals surface area contributed by atoms with Crippen molar-refractivity contribution in [2.45, 2.75) is 24.3 Å². The normalized spacial score (nSPS) is 15.6. The minimum absolute atomic E-state index is 0.192. The van der Waals surface area contributed by atoms with Crippen LogP contribution < -0.4 is 4.74 Å². The summed E-state index contributed by atoms with van der Waals surface area (Å²) in [4.78, 5) is 2.73. The Hall–Kier alpha value is -2.70. The minimum Gasteiger partial charge on any atom is -0.493 e. The van der Waals surface area contributed by atoms with Crippen LogP contribution in [0.25, 0.3) is 11.1 Å². The van der Waals surface area contributed by atoms with Gasteiger partial charge in [-0.25, -0.2) is 12.8 Å². The van der Waals surface area contributed by atoms with Gasteiger partial charge in [-0.1, -0.05) is 36.4 Å². The summed E-state index contributed by atoms with van der Waals surface area (Å²) in [5.74, 6) is 1.18. The Kier molecular flexibility index (Phi) is 6.92. The van der Waals surface area contributed by atoms with Crippen LogP contribution in [-0.2, 0) is 16.4 Å². The third-order valence-corrected chi connectivity index (χ3v) is 7.11. The molecule has 0 bridgehead atoms. The fraction of sp³-hybridized carbons (Fsp3) is 0.308. The fourth-order valence-corrected chi connectivity index (χ4v) is 4.64. The van der Waals surface area contributed by atoms with E-state index in [1.54, 1.807) is 12.1 Å². The topological polar surface area (TPSA) is 46.6 Å². The van der Waals surface area contributed by atoms with Gasteiger partial charge in [0.1, 0.15) is 11.6 Å². The molecule has 4 nitrogen and oxygen atoms in total. The Morgan fingerprint density at radius 1 is 0.875 bits per heavy atom. The molecular formula is C26H28FNO3S. The molecule has 0 aliphatic carbocycles. The number of rotatable bonds is 7. The van der Waals surface area contributed by atoms with Crippen molar-refractivity contribution in [2.24, 2.45) is 5.92 Å². The second kappa shape index (κ2) is 9.84. The van der Waals surface area contributed by atoms with Crippen molar-refractivity contribution in [3.05, 3.63) is 84.2 Å². The number of ether oxygens (including phenoxy) is 1. The number of benzene rings is 3. The van der Waals surface area contributed by atoms with Crippen molar-refractivity contribution < 1.29 is 17.5 Å². The van der Waals surface area contributed by atoms with Gasteiger partial charge in [-0.05, 0) is 84.9 Å². The highest BCUT2D eigenvalue weighted by molar-refractivity contribution is 7.90. The highest BCUT2D eigenvalue weighted by Gasteiger charge is 2.20. The third kappa shape index (κ3) is 5.96. The molecule has 0 unspecified atom stereocenters. The summed E-state index contributed by atoms with van der Waals surface area (Å²) in [6.07, 6.45) is 3.39. The average molecular weight is 454 g/mol. The van der Waals surface area contributed by atoms with E-state index in [0.717, 1.165) is 54.9 Å². The molecule has 168 valence electrons. The molecule has 3 aromatic rings. The van der Waals surface area contributed by atoms with E-state index in [0.29, 0.717) is 17.4 Å². The first-order valence-corrected chi connectivity index (χ1v) is 12.8. The van der Waals surface area contributed by atoms with E-state index in [-0.39, 0.29) is 5.82 Å². The minimum atomic E-state index is -3.18. The van der Waals surface area contributed by atoms with Crippen molar-refractivity contribution in [3.63, 3.8) is 0 Å². The monoisotopic (exact) mass is 453 g/mol. The van der Waals surface area contributed by atoms with Crippen molar-refractivity contribution in [1.29, 1.82) is 0 Å². The van der Waals surface area contributed by atoms with Crippen molar-refractivity contribution in [1.82, 2.24) is 4.90 Å². The van der Waals surface area contributed by atoms with Crippen molar-refractivity contribution in [2.75, 3.05) is 26.0 Å². The van der Waals surface area contributed by atoms with Crippen LogP contribution in [0.2, 0.25) is 0 Å². The highest BCUT2D eigenvalue weighted by atomic mass is 32.2. The van der Waals surface area contributed by atoms with E-state index < -0.39 is 9.84 Å². The fourth-order valence-electron chi connectivity index (χ4n) is 4.01. The molecule has 1 aliphatic heterocycles. The number of sulfone groups is 1. The predicted octanol–water partition coefficient (Wildman–Crippen LogP) is 5.19. The molecule has 1 saturated heterocycles. The maximum atomic E-state index is 13.1. The molecule has 0 radical (unpaired) electrons. The smallest absolute Gasteiger partial charge is 0.175 e. The Morgan fingerprint density at radius 3 is 2.00 bits per heavy atom. The molecule has 0 aromatic heterocycles. The van der Waals surface area contributed by atoms with Gasteiger partial charge in [0.25, 0.3) is 0 Å². The lowest BCUT2D eigenvalue weighted by Gasteiger charge is -2.31. The molecule has 6 heteroatoms. The number of piperidine rings is 1. The maximum Gasteiger partial charge on any atom is 0.175 e. The second-order valence-electron chi connectivity index (χ2n) is 8.48. The first-order valence-electron chi connectivity index (χ1n) is 10.9. The van der Waals surface area contributed by atoms with Gasteiger partial charge < -0.3 is 4.74 Å². The summed E-state index contributed by atoms with van der Waals surface area (Å²) in [6, 6.07) is 21.6. The van der Waals surface area contributed by atoms with E-state index in [1.165, 1.54) is 18.4 Å². The van der Waals surface area contributed by atoms with Crippen LogP contribution in [0.1, 0.15) is 18.4 Å². The number of hydrogen-bond acceptors (Lipinski definition) is 4. The van der Waals surface area contributed by atoms with Crippen LogP contribution in [0.15, 0.2) is 77.7 Å². The largest absolute Gasteiger partial charge is 0.493 e. The average Bonchev–Trinajstić information content (AvgIpc) is 2.80. The number of nitrogens with zero attached hydrogens (tertiary/aromatic N) is 1.